The molecule has 2 aromatic rings. The molecule has 2 amide bonds. The lowest BCUT2D eigenvalue weighted by Crippen LogP contribution is -2.45. The summed E-state index contributed by atoms with van der Waals surface area (Å²) in [7, 11) is 0. The van der Waals surface area contributed by atoms with Gasteiger partial charge in [-0.2, -0.15) is 13.2 Å². The number of rotatable bonds is 8. The number of amides is 2. The second-order valence-electron chi connectivity index (χ2n) is 6.58. The molecule has 0 saturated heterocycles. The molecule has 0 spiro atoms. The van der Waals surface area contributed by atoms with Gasteiger partial charge in [0, 0.05) is 13.1 Å². The van der Waals surface area contributed by atoms with Crippen molar-refractivity contribution in [3.8, 4) is 0 Å². The zero-order valence-electron chi connectivity index (χ0n) is 15.8. The Morgan fingerprint density at radius 2 is 1.83 bits per heavy atom. The van der Waals surface area contributed by atoms with Crippen LogP contribution < -0.4 is 16.0 Å². The monoisotopic (exact) mass is 431 g/mol. The number of alkyl halides is 3. The van der Waals surface area contributed by atoms with E-state index in [1.54, 1.807) is 19.9 Å². The number of benzene rings is 1. The average Bonchev–Trinajstić information content (AvgIpc) is 3.17. The molecule has 1 aromatic carbocycles. The third-order valence-corrected chi connectivity index (χ3v) is 4.32. The van der Waals surface area contributed by atoms with Gasteiger partial charge in [0.2, 0.25) is 5.91 Å². The third kappa shape index (κ3) is 6.42. The SMILES string of the molecule is CC(C)C(Nc1ccc(C(F)(F)F)cc1Cl)C(=O)NCCNC(=O)c1ccco1. The molecule has 1 unspecified atom stereocenters. The van der Waals surface area contributed by atoms with Crippen LogP contribution in [0.5, 0.6) is 0 Å². The first kappa shape index (κ1) is 22.6. The Morgan fingerprint density at radius 3 is 2.38 bits per heavy atom. The zero-order valence-corrected chi connectivity index (χ0v) is 16.5. The normalized spacial score (nSPS) is 12.5. The molecule has 1 aromatic heterocycles. The molecule has 10 heteroatoms. The largest absolute Gasteiger partial charge is 0.459 e. The van der Waals surface area contributed by atoms with Gasteiger partial charge in [0.05, 0.1) is 22.5 Å². The van der Waals surface area contributed by atoms with E-state index < -0.39 is 23.7 Å². The molecule has 29 heavy (non-hydrogen) atoms. The molecule has 0 aliphatic heterocycles. The molecule has 1 atom stereocenters. The van der Waals surface area contributed by atoms with Gasteiger partial charge in [-0.1, -0.05) is 25.4 Å². The van der Waals surface area contributed by atoms with Crippen molar-refractivity contribution >= 4 is 29.1 Å². The van der Waals surface area contributed by atoms with Gasteiger partial charge in [0.1, 0.15) is 6.04 Å². The Balaban J connectivity index is 1.91. The summed E-state index contributed by atoms with van der Waals surface area (Å²) in [5, 5.41) is 8.01. The van der Waals surface area contributed by atoms with Crippen molar-refractivity contribution in [3.63, 3.8) is 0 Å². The van der Waals surface area contributed by atoms with Crippen LogP contribution in [0.3, 0.4) is 0 Å². The van der Waals surface area contributed by atoms with Gasteiger partial charge in [-0.25, -0.2) is 0 Å². The van der Waals surface area contributed by atoms with Crippen LogP contribution in [-0.2, 0) is 11.0 Å². The van der Waals surface area contributed by atoms with Crippen molar-refractivity contribution < 1.29 is 27.2 Å². The summed E-state index contributed by atoms with van der Waals surface area (Å²) < 4.78 is 43.2. The average molecular weight is 432 g/mol. The van der Waals surface area contributed by atoms with Crippen molar-refractivity contribution in [2.75, 3.05) is 18.4 Å². The van der Waals surface area contributed by atoms with Gasteiger partial charge in [-0.05, 0) is 36.2 Å². The summed E-state index contributed by atoms with van der Waals surface area (Å²) in [6.45, 7) is 3.91. The third-order valence-electron chi connectivity index (χ3n) is 4.01. The standard InChI is InChI=1S/C19H21ClF3N3O3/c1-11(2)16(26-14-6-5-12(10-13(14)20)19(21,22)23)18(28)25-8-7-24-17(27)15-4-3-9-29-15/h3-6,9-11,16,26H,7-8H2,1-2H3,(H,24,27)(H,25,28). The van der Waals surface area contributed by atoms with Gasteiger partial charge in [-0.15, -0.1) is 0 Å². The summed E-state index contributed by atoms with van der Waals surface area (Å²) in [6, 6.07) is 5.27. The molecular formula is C19H21ClF3N3O3. The van der Waals surface area contributed by atoms with Crippen LogP contribution in [0, 0.1) is 5.92 Å². The highest BCUT2D eigenvalue weighted by atomic mass is 35.5. The maximum Gasteiger partial charge on any atom is 0.416 e. The minimum Gasteiger partial charge on any atom is -0.459 e. The summed E-state index contributed by atoms with van der Waals surface area (Å²) in [5.74, 6) is -0.788. The maximum absolute atomic E-state index is 12.8. The topological polar surface area (TPSA) is 83.4 Å². The predicted molar refractivity (Wildman–Crippen MR) is 103 cm³/mol. The minimum absolute atomic E-state index is 0.135. The van der Waals surface area contributed by atoms with Gasteiger partial charge in [0.25, 0.3) is 5.91 Å². The van der Waals surface area contributed by atoms with Crippen LogP contribution in [0.1, 0.15) is 30.0 Å². The number of carbonyl (C=O) groups excluding carboxylic acids is 2. The number of anilines is 1. The molecule has 0 aliphatic carbocycles. The fraction of sp³-hybridized carbons (Fsp3) is 0.368. The first-order chi connectivity index (χ1) is 13.6. The van der Waals surface area contributed by atoms with Crippen LogP contribution in [0.2, 0.25) is 5.02 Å². The van der Waals surface area contributed by atoms with Crippen LogP contribution in [-0.4, -0.2) is 30.9 Å². The fourth-order valence-electron chi connectivity index (χ4n) is 2.48. The van der Waals surface area contributed by atoms with Gasteiger partial charge in [0.15, 0.2) is 5.76 Å². The summed E-state index contributed by atoms with van der Waals surface area (Å²) >= 11 is 5.95. The number of carbonyl (C=O) groups is 2. The maximum atomic E-state index is 12.8. The van der Waals surface area contributed by atoms with Crippen molar-refractivity contribution in [1.29, 1.82) is 0 Å². The van der Waals surface area contributed by atoms with Crippen LogP contribution in [0.4, 0.5) is 18.9 Å². The zero-order chi connectivity index (χ0) is 21.6. The number of hydrogen-bond donors (Lipinski definition) is 3. The Morgan fingerprint density at radius 1 is 1.14 bits per heavy atom. The van der Waals surface area contributed by atoms with Crippen LogP contribution in [0.15, 0.2) is 41.0 Å². The van der Waals surface area contributed by atoms with Crippen molar-refractivity contribution in [3.05, 3.63) is 52.9 Å². The van der Waals surface area contributed by atoms with E-state index in [0.717, 1.165) is 12.1 Å². The second kappa shape index (κ2) is 9.69. The molecule has 0 radical (unpaired) electrons. The highest BCUT2D eigenvalue weighted by Gasteiger charge is 2.31. The van der Waals surface area contributed by atoms with E-state index in [1.807, 2.05) is 0 Å². The quantitative estimate of drug-likeness (QED) is 0.553. The van der Waals surface area contributed by atoms with E-state index in [2.05, 4.69) is 16.0 Å². The summed E-state index contributed by atoms with van der Waals surface area (Å²) in [5.41, 5.74) is -0.648. The number of halogens is 4. The molecule has 1 heterocycles. The molecule has 2 rings (SSSR count). The molecule has 0 fully saturated rings. The number of nitrogens with one attached hydrogen (secondary N) is 3. The molecule has 0 bridgehead atoms. The van der Waals surface area contributed by atoms with E-state index >= 15 is 0 Å². The highest BCUT2D eigenvalue weighted by molar-refractivity contribution is 6.33. The Bertz CT molecular complexity index is 839. The minimum atomic E-state index is -4.50. The molecule has 158 valence electrons. The number of hydrogen-bond acceptors (Lipinski definition) is 4. The fourth-order valence-corrected chi connectivity index (χ4v) is 2.71. The van der Waals surface area contributed by atoms with Gasteiger partial charge in [-0.3, -0.25) is 9.59 Å². The lowest BCUT2D eigenvalue weighted by molar-refractivity contribution is -0.137. The molecule has 0 aliphatic rings. The Kier molecular flexibility index (Phi) is 7.55. The van der Waals surface area contributed by atoms with Crippen molar-refractivity contribution in [2.45, 2.75) is 26.1 Å². The van der Waals surface area contributed by atoms with Crippen LogP contribution >= 0.6 is 11.6 Å². The van der Waals surface area contributed by atoms with Crippen molar-refractivity contribution in [1.82, 2.24) is 10.6 Å². The first-order valence-corrected chi connectivity index (χ1v) is 9.20. The Hall–Kier alpha value is -2.68. The van der Waals surface area contributed by atoms with Crippen molar-refractivity contribution in [2.24, 2.45) is 5.92 Å². The van der Waals surface area contributed by atoms with E-state index in [1.165, 1.54) is 18.4 Å². The van der Waals surface area contributed by atoms with E-state index in [9.17, 15) is 22.8 Å². The molecule has 3 N–H and O–H groups in total. The van der Waals surface area contributed by atoms with E-state index in [-0.39, 0.29) is 41.4 Å². The predicted octanol–water partition coefficient (Wildman–Crippen LogP) is 3.93. The molecule has 0 saturated carbocycles. The van der Waals surface area contributed by atoms with Gasteiger partial charge >= 0.3 is 6.18 Å². The molecule has 6 nitrogen and oxygen atoms in total. The lowest BCUT2D eigenvalue weighted by Gasteiger charge is -2.23. The highest BCUT2D eigenvalue weighted by Crippen LogP contribution is 2.34. The van der Waals surface area contributed by atoms with Crippen LogP contribution in [0.25, 0.3) is 0 Å². The van der Waals surface area contributed by atoms with Gasteiger partial charge < -0.3 is 20.4 Å². The first-order valence-electron chi connectivity index (χ1n) is 8.82. The second-order valence-corrected chi connectivity index (χ2v) is 6.99. The Labute approximate surface area is 170 Å². The number of furan rings is 1. The summed E-state index contributed by atoms with van der Waals surface area (Å²) in [4.78, 5) is 24.2. The smallest absolute Gasteiger partial charge is 0.416 e. The lowest BCUT2D eigenvalue weighted by atomic mass is 10.0. The molecular weight excluding hydrogens is 411 g/mol. The van der Waals surface area contributed by atoms with E-state index in [4.69, 9.17) is 16.0 Å². The van der Waals surface area contributed by atoms with E-state index in [0.29, 0.717) is 0 Å². The summed E-state index contributed by atoms with van der Waals surface area (Å²) in [6.07, 6.45) is -3.13.